The molecular weight excluding hydrogens is 402 g/mol. The third kappa shape index (κ3) is 3.02. The molecule has 0 aliphatic rings. The van der Waals surface area contributed by atoms with Gasteiger partial charge in [-0.15, -0.1) is 0 Å². The highest BCUT2D eigenvalue weighted by Crippen LogP contribution is 2.33. The molecule has 28 heavy (non-hydrogen) atoms. The van der Waals surface area contributed by atoms with Crippen LogP contribution in [0.15, 0.2) is 71.9 Å². The van der Waals surface area contributed by atoms with Gasteiger partial charge >= 0.3 is 0 Å². The number of halogens is 1. The van der Waals surface area contributed by atoms with Crippen molar-refractivity contribution >= 4 is 49.6 Å². The van der Waals surface area contributed by atoms with Gasteiger partial charge in [0.2, 0.25) is 6.20 Å². The van der Waals surface area contributed by atoms with E-state index in [1.165, 1.54) is 28.4 Å². The number of hydrogen-bond acceptors (Lipinski definition) is 5. The normalized spacial score (nSPS) is 12.2. The Kier molecular flexibility index (Phi) is 4.37. The molecular formula is C19H12ClN3O4S. The van der Waals surface area contributed by atoms with Crippen molar-refractivity contribution in [1.29, 1.82) is 0 Å². The maximum absolute atomic E-state index is 13.3. The molecule has 0 radical (unpaired) electrons. The van der Waals surface area contributed by atoms with E-state index in [0.717, 1.165) is 6.20 Å². The maximum Gasteiger partial charge on any atom is 0.269 e. The summed E-state index contributed by atoms with van der Waals surface area (Å²) in [6.45, 7) is 0. The molecule has 140 valence electrons. The number of nitrogens with zero attached hydrogens (tertiary/aromatic N) is 3. The van der Waals surface area contributed by atoms with Crippen molar-refractivity contribution in [2.45, 2.75) is 4.90 Å². The predicted molar refractivity (Wildman–Crippen MR) is 107 cm³/mol. The highest BCUT2D eigenvalue weighted by Gasteiger charge is 2.24. The monoisotopic (exact) mass is 413 g/mol. The Morgan fingerprint density at radius 3 is 2.54 bits per heavy atom. The molecule has 0 spiro atoms. The highest BCUT2D eigenvalue weighted by molar-refractivity contribution is 7.90. The van der Waals surface area contributed by atoms with E-state index in [-0.39, 0.29) is 10.5 Å². The molecule has 0 fully saturated rings. The van der Waals surface area contributed by atoms with Gasteiger partial charge in [-0.3, -0.25) is 10.1 Å². The molecule has 2 aromatic carbocycles. The molecule has 2 aromatic heterocycles. The lowest BCUT2D eigenvalue weighted by Crippen LogP contribution is -2.13. The Labute approximate surface area is 164 Å². The average molecular weight is 414 g/mol. The van der Waals surface area contributed by atoms with Gasteiger partial charge in [0, 0.05) is 23.0 Å². The zero-order valence-corrected chi connectivity index (χ0v) is 15.8. The zero-order valence-electron chi connectivity index (χ0n) is 14.2. The summed E-state index contributed by atoms with van der Waals surface area (Å²) in [7, 11) is -3.92. The number of hydrogen-bond donors (Lipinski definition) is 0. The number of aromatic nitrogens is 2. The molecule has 0 saturated carbocycles. The molecule has 2 heterocycles. The number of nitro groups is 1. The van der Waals surface area contributed by atoms with Crippen LogP contribution < -0.4 is 0 Å². The SMILES string of the molecule is O=[N+]([O-])/C=C/c1ccc2c(c1)c1cc(Cl)cnc1n2S(=O)(=O)c1ccccc1. The summed E-state index contributed by atoms with van der Waals surface area (Å²) >= 11 is 6.08. The molecule has 0 atom stereocenters. The molecule has 9 heteroatoms. The van der Waals surface area contributed by atoms with Crippen molar-refractivity contribution < 1.29 is 13.3 Å². The molecule has 0 aliphatic carbocycles. The van der Waals surface area contributed by atoms with Gasteiger partial charge in [-0.05, 0) is 35.9 Å². The van der Waals surface area contributed by atoms with E-state index in [1.54, 1.807) is 42.5 Å². The van der Waals surface area contributed by atoms with Crippen molar-refractivity contribution in [3.8, 4) is 0 Å². The summed E-state index contributed by atoms with van der Waals surface area (Å²) in [4.78, 5) is 14.4. The first-order chi connectivity index (χ1) is 13.4. The standard InChI is InChI=1S/C19H12ClN3O4S/c20-14-11-17-16-10-13(8-9-22(24)25)6-7-18(16)23(19(17)21-12-14)28(26,27)15-4-2-1-3-5-15/h1-12H/b9-8+. The van der Waals surface area contributed by atoms with E-state index in [0.29, 0.717) is 26.9 Å². The summed E-state index contributed by atoms with van der Waals surface area (Å²) in [5, 5.41) is 12.1. The second-order valence-electron chi connectivity index (χ2n) is 5.98. The summed E-state index contributed by atoms with van der Waals surface area (Å²) in [5.41, 5.74) is 1.20. The average Bonchev–Trinajstić information content (AvgIpc) is 3.00. The molecule has 7 nitrogen and oxygen atoms in total. The van der Waals surface area contributed by atoms with Gasteiger partial charge < -0.3 is 0 Å². The molecule has 0 aliphatic heterocycles. The van der Waals surface area contributed by atoms with Crippen LogP contribution in [0.25, 0.3) is 28.0 Å². The van der Waals surface area contributed by atoms with Crippen LogP contribution in [0.5, 0.6) is 0 Å². The van der Waals surface area contributed by atoms with E-state index in [9.17, 15) is 18.5 Å². The van der Waals surface area contributed by atoms with Gasteiger partial charge in [-0.2, -0.15) is 0 Å². The van der Waals surface area contributed by atoms with Gasteiger partial charge in [-0.1, -0.05) is 35.9 Å². The molecule has 0 saturated heterocycles. The second-order valence-corrected chi connectivity index (χ2v) is 8.21. The van der Waals surface area contributed by atoms with Gasteiger partial charge in [0.15, 0.2) is 5.65 Å². The Hall–Kier alpha value is -3.23. The van der Waals surface area contributed by atoms with E-state index in [4.69, 9.17) is 11.6 Å². The highest BCUT2D eigenvalue weighted by atomic mass is 35.5. The summed E-state index contributed by atoms with van der Waals surface area (Å²) in [5.74, 6) is 0. The molecule has 4 rings (SSSR count). The summed E-state index contributed by atoms with van der Waals surface area (Å²) in [6, 6.07) is 14.6. The quantitative estimate of drug-likeness (QED) is 0.366. The van der Waals surface area contributed by atoms with Crippen LogP contribution in [0.4, 0.5) is 0 Å². The van der Waals surface area contributed by atoms with Crippen LogP contribution in [-0.2, 0) is 10.0 Å². The third-order valence-electron chi connectivity index (χ3n) is 4.23. The molecule has 0 bridgehead atoms. The van der Waals surface area contributed by atoms with Crippen LogP contribution >= 0.6 is 11.6 Å². The fourth-order valence-electron chi connectivity index (χ4n) is 3.04. The molecule has 0 unspecified atom stereocenters. The maximum atomic E-state index is 13.3. The predicted octanol–water partition coefficient (Wildman–Crippen LogP) is 4.33. The van der Waals surface area contributed by atoms with Crippen LogP contribution in [0, 0.1) is 10.1 Å². The zero-order chi connectivity index (χ0) is 19.9. The van der Waals surface area contributed by atoms with E-state index < -0.39 is 14.9 Å². The van der Waals surface area contributed by atoms with Gasteiger partial charge in [-0.25, -0.2) is 17.4 Å². The van der Waals surface area contributed by atoms with Gasteiger partial charge in [0.05, 0.1) is 20.4 Å². The fraction of sp³-hybridized carbons (Fsp3) is 0. The van der Waals surface area contributed by atoms with Crippen molar-refractivity contribution in [2.24, 2.45) is 0 Å². The lowest BCUT2D eigenvalue weighted by atomic mass is 10.1. The molecule has 4 aromatic rings. The fourth-order valence-corrected chi connectivity index (χ4v) is 4.71. The van der Waals surface area contributed by atoms with Crippen molar-refractivity contribution in [3.63, 3.8) is 0 Å². The largest absolute Gasteiger partial charge is 0.269 e. The van der Waals surface area contributed by atoms with Crippen molar-refractivity contribution in [2.75, 3.05) is 0 Å². The minimum atomic E-state index is -3.92. The number of fused-ring (bicyclic) bond motifs is 3. The minimum Gasteiger partial charge on any atom is -0.259 e. The number of pyridine rings is 1. The Bertz CT molecular complexity index is 1360. The third-order valence-corrected chi connectivity index (χ3v) is 6.15. The summed E-state index contributed by atoms with van der Waals surface area (Å²) < 4.78 is 27.8. The lowest BCUT2D eigenvalue weighted by Gasteiger charge is -2.08. The Balaban J connectivity index is 2.07. The van der Waals surface area contributed by atoms with Crippen molar-refractivity contribution in [1.82, 2.24) is 8.96 Å². The van der Waals surface area contributed by atoms with Crippen LogP contribution in [-0.4, -0.2) is 22.3 Å². The van der Waals surface area contributed by atoms with Crippen LogP contribution in [0.2, 0.25) is 5.02 Å². The van der Waals surface area contributed by atoms with E-state index >= 15 is 0 Å². The van der Waals surface area contributed by atoms with Gasteiger partial charge in [0.25, 0.3) is 10.0 Å². The van der Waals surface area contributed by atoms with Gasteiger partial charge in [0.1, 0.15) is 0 Å². The first kappa shape index (κ1) is 18.1. The van der Waals surface area contributed by atoms with Crippen LogP contribution in [0.3, 0.4) is 0 Å². The number of benzene rings is 2. The molecule has 0 N–H and O–H groups in total. The van der Waals surface area contributed by atoms with Crippen molar-refractivity contribution in [3.05, 3.63) is 87.7 Å². The smallest absolute Gasteiger partial charge is 0.259 e. The Morgan fingerprint density at radius 2 is 1.82 bits per heavy atom. The number of rotatable bonds is 4. The first-order valence-corrected chi connectivity index (χ1v) is 9.92. The van der Waals surface area contributed by atoms with Crippen LogP contribution in [0.1, 0.15) is 5.56 Å². The second kappa shape index (κ2) is 6.74. The first-order valence-electron chi connectivity index (χ1n) is 8.10. The topological polar surface area (TPSA) is 95.1 Å². The lowest BCUT2D eigenvalue weighted by molar-refractivity contribution is -0.400. The van der Waals surface area contributed by atoms with E-state index in [1.807, 2.05) is 0 Å². The minimum absolute atomic E-state index is 0.128. The molecule has 0 amide bonds. The summed E-state index contributed by atoms with van der Waals surface area (Å²) in [6.07, 6.45) is 3.55. The van der Waals surface area contributed by atoms with E-state index in [2.05, 4.69) is 4.98 Å². The Morgan fingerprint density at radius 1 is 1.07 bits per heavy atom.